The van der Waals surface area contributed by atoms with E-state index in [-0.39, 0.29) is 12.5 Å². The molecule has 1 aliphatic heterocycles. The van der Waals surface area contributed by atoms with Crippen LogP contribution in [-0.4, -0.2) is 54.2 Å². The van der Waals surface area contributed by atoms with E-state index in [0.29, 0.717) is 25.1 Å². The average Bonchev–Trinajstić information content (AvgIpc) is 3.27. The van der Waals surface area contributed by atoms with Gasteiger partial charge in [-0.15, -0.1) is 0 Å². The van der Waals surface area contributed by atoms with Gasteiger partial charge in [-0.1, -0.05) is 13.8 Å². The van der Waals surface area contributed by atoms with Crippen molar-refractivity contribution in [3.63, 3.8) is 0 Å². The molecule has 0 spiro atoms. The summed E-state index contributed by atoms with van der Waals surface area (Å²) in [4.78, 5) is 14.5. The summed E-state index contributed by atoms with van der Waals surface area (Å²) in [6, 6.07) is 0. The molecule has 0 bridgehead atoms. The second kappa shape index (κ2) is 6.35. The minimum atomic E-state index is -1.11. The first kappa shape index (κ1) is 16.6. The number of carbonyl (C=O) groups is 1. The Morgan fingerprint density at radius 1 is 1.42 bits per heavy atom. The van der Waals surface area contributed by atoms with Crippen LogP contribution in [-0.2, 0) is 36.7 Å². The van der Waals surface area contributed by atoms with Crippen molar-refractivity contribution >= 4 is 5.91 Å². The number of aromatic nitrogens is 5. The summed E-state index contributed by atoms with van der Waals surface area (Å²) in [6.45, 7) is 4.89. The highest BCUT2D eigenvalue weighted by Crippen LogP contribution is 2.30. The number of β-amino-alcohol motifs (C(OH)–C–C–N with tert-alkyl or cyclic N) is 1. The van der Waals surface area contributed by atoms with Crippen molar-refractivity contribution in [2.45, 2.75) is 45.1 Å². The smallest absolute Gasteiger partial charge is 0.227 e. The molecule has 130 valence electrons. The van der Waals surface area contributed by atoms with Gasteiger partial charge in [0, 0.05) is 31.3 Å². The molecule has 0 aromatic carbocycles. The predicted octanol–water partition coefficient (Wildman–Crippen LogP) is 0.326. The number of aliphatic hydroxyl groups is 1. The van der Waals surface area contributed by atoms with Crippen molar-refractivity contribution in [3.05, 3.63) is 28.8 Å². The minimum absolute atomic E-state index is 0.0202. The van der Waals surface area contributed by atoms with Gasteiger partial charge in [0.1, 0.15) is 11.3 Å². The first-order valence-electron chi connectivity index (χ1n) is 8.38. The van der Waals surface area contributed by atoms with Crippen LogP contribution in [0.2, 0.25) is 0 Å². The number of carbonyl (C=O) groups excluding carboxylic acids is 1. The van der Waals surface area contributed by atoms with Gasteiger partial charge in [-0.2, -0.15) is 20.5 Å². The van der Waals surface area contributed by atoms with Gasteiger partial charge < -0.3 is 10.0 Å². The van der Waals surface area contributed by atoms with Gasteiger partial charge in [-0.3, -0.25) is 9.48 Å². The van der Waals surface area contributed by atoms with Gasteiger partial charge >= 0.3 is 0 Å². The molecule has 1 fully saturated rings. The summed E-state index contributed by atoms with van der Waals surface area (Å²) in [7, 11) is 1.92. The Balaban J connectivity index is 1.75. The van der Waals surface area contributed by atoms with Crippen LogP contribution in [0.3, 0.4) is 0 Å². The summed E-state index contributed by atoms with van der Waals surface area (Å²) in [6.07, 6.45) is 3.96. The molecule has 8 nitrogen and oxygen atoms in total. The second-order valence-electron chi connectivity index (χ2n) is 6.33. The van der Waals surface area contributed by atoms with Crippen molar-refractivity contribution in [1.29, 1.82) is 0 Å². The maximum Gasteiger partial charge on any atom is 0.227 e. The second-order valence-corrected chi connectivity index (χ2v) is 6.33. The summed E-state index contributed by atoms with van der Waals surface area (Å²) < 4.78 is 1.87. The quantitative estimate of drug-likeness (QED) is 0.822. The standard InChI is InChI=1S/C16H24N6O2/c1-4-12-11(13(5-2)21(3)19-12)8-15(23)22-7-6-16(24,10-22)14-9-17-20-18-14/h9,24H,4-8,10H2,1-3H3,(H,17,18,20)/t16-/m1/s1. The molecule has 24 heavy (non-hydrogen) atoms. The van der Waals surface area contributed by atoms with E-state index in [1.807, 2.05) is 11.7 Å². The van der Waals surface area contributed by atoms with E-state index in [1.54, 1.807) is 4.90 Å². The lowest BCUT2D eigenvalue weighted by Crippen LogP contribution is -2.35. The number of rotatable bonds is 5. The zero-order chi connectivity index (χ0) is 17.3. The SMILES string of the molecule is CCc1nn(C)c(CC)c1CC(=O)N1CC[C@](O)(c2cn[nH]n2)C1. The summed E-state index contributed by atoms with van der Waals surface area (Å²) in [5, 5.41) is 25.5. The van der Waals surface area contributed by atoms with Crippen molar-refractivity contribution < 1.29 is 9.90 Å². The average molecular weight is 332 g/mol. The molecular weight excluding hydrogens is 308 g/mol. The number of hydrogen-bond donors (Lipinski definition) is 2. The largest absolute Gasteiger partial charge is 0.381 e. The number of H-pyrrole nitrogens is 1. The van der Waals surface area contributed by atoms with E-state index < -0.39 is 5.60 Å². The maximum atomic E-state index is 12.8. The fourth-order valence-corrected chi connectivity index (χ4v) is 3.50. The highest BCUT2D eigenvalue weighted by atomic mass is 16.3. The molecule has 2 aromatic rings. The van der Waals surface area contributed by atoms with Crippen LogP contribution in [0.4, 0.5) is 0 Å². The van der Waals surface area contributed by atoms with Crippen molar-refractivity contribution in [2.24, 2.45) is 7.05 Å². The Labute approximate surface area is 140 Å². The Morgan fingerprint density at radius 2 is 2.21 bits per heavy atom. The minimum Gasteiger partial charge on any atom is -0.381 e. The van der Waals surface area contributed by atoms with Crippen LogP contribution in [0.1, 0.15) is 42.9 Å². The molecule has 3 heterocycles. The molecule has 0 radical (unpaired) electrons. The number of likely N-dealkylation sites (tertiary alicyclic amines) is 1. The summed E-state index contributed by atoms with van der Waals surface area (Å²) >= 11 is 0. The van der Waals surface area contributed by atoms with Gasteiger partial charge in [0.2, 0.25) is 5.91 Å². The third kappa shape index (κ3) is 2.82. The van der Waals surface area contributed by atoms with E-state index in [1.165, 1.54) is 6.20 Å². The van der Waals surface area contributed by atoms with E-state index in [9.17, 15) is 9.90 Å². The molecule has 1 aliphatic rings. The molecule has 2 aromatic heterocycles. The number of aryl methyl sites for hydroxylation is 2. The van der Waals surface area contributed by atoms with E-state index in [4.69, 9.17) is 0 Å². The van der Waals surface area contributed by atoms with Crippen LogP contribution in [0.5, 0.6) is 0 Å². The Kier molecular flexibility index (Phi) is 4.40. The maximum absolute atomic E-state index is 12.8. The Hall–Kier alpha value is -2.22. The van der Waals surface area contributed by atoms with Crippen LogP contribution in [0, 0.1) is 0 Å². The molecule has 1 amide bonds. The lowest BCUT2D eigenvalue weighted by Gasteiger charge is -2.21. The van der Waals surface area contributed by atoms with Crippen LogP contribution < -0.4 is 0 Å². The number of amides is 1. The fourth-order valence-electron chi connectivity index (χ4n) is 3.50. The zero-order valence-electron chi connectivity index (χ0n) is 14.4. The van der Waals surface area contributed by atoms with Crippen LogP contribution >= 0.6 is 0 Å². The summed E-state index contributed by atoms with van der Waals surface area (Å²) in [5.74, 6) is 0.0202. The lowest BCUT2D eigenvalue weighted by molar-refractivity contribution is -0.130. The number of aromatic amines is 1. The molecule has 1 saturated heterocycles. The van der Waals surface area contributed by atoms with Crippen LogP contribution in [0.15, 0.2) is 6.20 Å². The molecular formula is C16H24N6O2. The summed E-state index contributed by atoms with van der Waals surface area (Å²) in [5.41, 5.74) is 2.49. The van der Waals surface area contributed by atoms with Gasteiger partial charge in [0.15, 0.2) is 0 Å². The van der Waals surface area contributed by atoms with Crippen molar-refractivity contribution in [1.82, 2.24) is 30.1 Å². The first-order chi connectivity index (χ1) is 11.5. The normalized spacial score (nSPS) is 20.8. The highest BCUT2D eigenvalue weighted by Gasteiger charge is 2.41. The molecule has 8 heteroatoms. The third-order valence-corrected chi connectivity index (χ3v) is 4.85. The molecule has 3 rings (SSSR count). The molecule has 2 N–H and O–H groups in total. The Morgan fingerprint density at radius 3 is 2.83 bits per heavy atom. The van der Waals surface area contributed by atoms with Gasteiger partial charge in [-0.25, -0.2) is 0 Å². The van der Waals surface area contributed by atoms with E-state index in [2.05, 4.69) is 34.4 Å². The van der Waals surface area contributed by atoms with Crippen LogP contribution in [0.25, 0.3) is 0 Å². The topological polar surface area (TPSA) is 99.9 Å². The monoisotopic (exact) mass is 332 g/mol. The highest BCUT2D eigenvalue weighted by molar-refractivity contribution is 5.79. The number of nitrogens with zero attached hydrogens (tertiary/aromatic N) is 5. The van der Waals surface area contributed by atoms with Crippen molar-refractivity contribution in [3.8, 4) is 0 Å². The molecule has 0 aliphatic carbocycles. The molecule has 0 saturated carbocycles. The fraction of sp³-hybridized carbons (Fsp3) is 0.625. The third-order valence-electron chi connectivity index (χ3n) is 4.85. The molecule has 1 atom stereocenters. The number of hydrogen-bond acceptors (Lipinski definition) is 5. The Bertz CT molecular complexity index is 723. The van der Waals surface area contributed by atoms with Crippen molar-refractivity contribution in [2.75, 3.05) is 13.1 Å². The van der Waals surface area contributed by atoms with Gasteiger partial charge in [0.25, 0.3) is 0 Å². The lowest BCUT2D eigenvalue weighted by atomic mass is 10.00. The molecule has 0 unspecified atom stereocenters. The van der Waals surface area contributed by atoms with E-state index >= 15 is 0 Å². The predicted molar refractivity (Wildman–Crippen MR) is 87.1 cm³/mol. The zero-order valence-corrected chi connectivity index (χ0v) is 14.4. The van der Waals surface area contributed by atoms with Gasteiger partial charge in [0.05, 0.1) is 24.9 Å². The first-order valence-corrected chi connectivity index (χ1v) is 8.38. The number of nitrogens with one attached hydrogen (secondary N) is 1. The van der Waals surface area contributed by atoms with E-state index in [0.717, 1.165) is 29.8 Å². The van der Waals surface area contributed by atoms with Gasteiger partial charge in [-0.05, 0) is 12.8 Å².